The molecule has 0 amide bonds. The number of benzene rings is 2. The van der Waals surface area contributed by atoms with Crippen molar-refractivity contribution in [3.05, 3.63) is 83.6 Å². The van der Waals surface area contributed by atoms with Crippen LogP contribution in [-0.2, 0) is 12.6 Å². The molecule has 0 aliphatic carbocycles. The van der Waals surface area contributed by atoms with Gasteiger partial charge in [0.15, 0.2) is 0 Å². The zero-order chi connectivity index (χ0) is 17.9. The first-order chi connectivity index (χ1) is 12.0. The fraction of sp³-hybridized carbons (Fsp3) is 0.150. The molecule has 3 aromatic rings. The lowest BCUT2D eigenvalue weighted by Crippen LogP contribution is -2.09. The molecule has 0 saturated carbocycles. The van der Waals surface area contributed by atoms with Crippen molar-refractivity contribution in [2.24, 2.45) is 0 Å². The molecule has 0 saturated heterocycles. The van der Waals surface area contributed by atoms with Crippen LogP contribution in [0.25, 0.3) is 11.1 Å². The molecule has 0 aliphatic heterocycles. The molecule has 1 heterocycles. The molecule has 0 bridgehead atoms. The Morgan fingerprint density at radius 1 is 0.880 bits per heavy atom. The molecule has 25 heavy (non-hydrogen) atoms. The number of alkyl halides is 3. The number of rotatable bonds is 4. The van der Waals surface area contributed by atoms with Crippen molar-refractivity contribution in [3.63, 3.8) is 0 Å². The number of methoxy groups -OCH3 is 1. The summed E-state index contributed by atoms with van der Waals surface area (Å²) in [6, 6.07) is 17.0. The van der Waals surface area contributed by atoms with Crippen molar-refractivity contribution in [1.29, 1.82) is 0 Å². The smallest absolute Gasteiger partial charge is 0.416 e. The van der Waals surface area contributed by atoms with Gasteiger partial charge in [0.1, 0.15) is 0 Å². The molecule has 128 valence electrons. The van der Waals surface area contributed by atoms with E-state index in [9.17, 15) is 13.2 Å². The average molecular weight is 343 g/mol. The molecule has 3 rings (SSSR count). The summed E-state index contributed by atoms with van der Waals surface area (Å²) in [4.78, 5) is 4.26. The number of hydrogen-bond acceptors (Lipinski definition) is 2. The van der Waals surface area contributed by atoms with Gasteiger partial charge in [-0.1, -0.05) is 48.5 Å². The molecule has 0 fully saturated rings. The third-order valence-corrected chi connectivity index (χ3v) is 3.93. The molecule has 0 unspecified atom stereocenters. The molecular formula is C20H16F3NO. The lowest BCUT2D eigenvalue weighted by molar-refractivity contribution is -0.138. The van der Waals surface area contributed by atoms with Gasteiger partial charge >= 0.3 is 6.18 Å². The van der Waals surface area contributed by atoms with Crippen LogP contribution in [0.15, 0.2) is 66.9 Å². The molecule has 0 atom stereocenters. The molecule has 0 radical (unpaired) electrons. The molecular weight excluding hydrogens is 327 g/mol. The fourth-order valence-electron chi connectivity index (χ4n) is 2.75. The minimum absolute atomic E-state index is 0.0898. The van der Waals surface area contributed by atoms with Gasteiger partial charge in [0.25, 0.3) is 0 Å². The van der Waals surface area contributed by atoms with Crippen LogP contribution in [0.3, 0.4) is 0 Å². The van der Waals surface area contributed by atoms with E-state index in [1.54, 1.807) is 12.3 Å². The summed E-state index contributed by atoms with van der Waals surface area (Å²) in [7, 11) is 1.46. The van der Waals surface area contributed by atoms with Crippen LogP contribution in [0.2, 0.25) is 0 Å². The molecule has 2 nitrogen and oxygen atoms in total. The normalized spacial score (nSPS) is 11.4. The molecule has 0 N–H and O–H groups in total. The number of halogens is 3. The van der Waals surface area contributed by atoms with Crippen molar-refractivity contribution in [2.45, 2.75) is 12.6 Å². The Kier molecular flexibility index (Phi) is 4.74. The predicted molar refractivity (Wildman–Crippen MR) is 90.5 cm³/mol. The Morgan fingerprint density at radius 2 is 1.56 bits per heavy atom. The Hall–Kier alpha value is -2.82. The molecule has 2 aromatic carbocycles. The van der Waals surface area contributed by atoms with E-state index in [-0.39, 0.29) is 12.0 Å². The maximum atomic E-state index is 13.2. The first-order valence-corrected chi connectivity index (χ1v) is 7.72. The van der Waals surface area contributed by atoms with Gasteiger partial charge in [-0.15, -0.1) is 0 Å². The Labute approximate surface area is 143 Å². The molecule has 5 heteroatoms. The molecule has 0 spiro atoms. The largest absolute Gasteiger partial charge is 0.481 e. The number of nitrogens with zero attached hydrogens (tertiary/aromatic N) is 1. The van der Waals surface area contributed by atoms with Crippen molar-refractivity contribution in [1.82, 2.24) is 4.98 Å². The average Bonchev–Trinajstić information content (AvgIpc) is 2.62. The highest BCUT2D eigenvalue weighted by Gasteiger charge is 2.33. The summed E-state index contributed by atoms with van der Waals surface area (Å²) in [5, 5.41) is 0. The summed E-state index contributed by atoms with van der Waals surface area (Å²) >= 11 is 0. The summed E-state index contributed by atoms with van der Waals surface area (Å²) in [6.07, 6.45) is -2.64. The summed E-state index contributed by atoms with van der Waals surface area (Å²) in [6.45, 7) is 0. The Morgan fingerprint density at radius 3 is 2.24 bits per heavy atom. The second kappa shape index (κ2) is 6.97. The zero-order valence-corrected chi connectivity index (χ0v) is 13.5. The van der Waals surface area contributed by atoms with Gasteiger partial charge in [-0.2, -0.15) is 13.2 Å². The van der Waals surface area contributed by atoms with E-state index in [2.05, 4.69) is 4.98 Å². The van der Waals surface area contributed by atoms with Crippen molar-refractivity contribution in [2.75, 3.05) is 7.11 Å². The molecule has 0 aliphatic rings. The third-order valence-electron chi connectivity index (χ3n) is 3.93. The minimum atomic E-state index is -4.39. The summed E-state index contributed by atoms with van der Waals surface area (Å²) < 4.78 is 44.9. The second-order valence-corrected chi connectivity index (χ2v) is 5.59. The first-order valence-electron chi connectivity index (χ1n) is 7.72. The topological polar surface area (TPSA) is 22.1 Å². The van der Waals surface area contributed by atoms with Crippen LogP contribution in [0, 0.1) is 0 Å². The highest BCUT2D eigenvalue weighted by atomic mass is 19.4. The maximum Gasteiger partial charge on any atom is 0.416 e. The van der Waals surface area contributed by atoms with Crippen LogP contribution >= 0.6 is 0 Å². The van der Waals surface area contributed by atoms with E-state index in [0.29, 0.717) is 11.4 Å². The number of pyridine rings is 1. The van der Waals surface area contributed by atoms with E-state index < -0.39 is 11.7 Å². The van der Waals surface area contributed by atoms with E-state index in [4.69, 9.17) is 4.74 Å². The van der Waals surface area contributed by atoms with Gasteiger partial charge in [-0.3, -0.25) is 0 Å². The Balaban J connectivity index is 2.03. The van der Waals surface area contributed by atoms with Crippen LogP contribution in [0.1, 0.15) is 16.7 Å². The van der Waals surface area contributed by atoms with Crippen LogP contribution in [-0.4, -0.2) is 12.1 Å². The predicted octanol–water partition coefficient (Wildman–Crippen LogP) is 5.37. The van der Waals surface area contributed by atoms with E-state index in [1.807, 2.05) is 36.4 Å². The van der Waals surface area contributed by atoms with Gasteiger partial charge < -0.3 is 4.74 Å². The highest BCUT2D eigenvalue weighted by Crippen LogP contribution is 2.34. The zero-order valence-electron chi connectivity index (χ0n) is 13.5. The van der Waals surface area contributed by atoms with E-state index in [0.717, 1.165) is 17.2 Å². The van der Waals surface area contributed by atoms with Crippen LogP contribution in [0.4, 0.5) is 13.2 Å². The quantitative estimate of drug-likeness (QED) is 0.636. The van der Waals surface area contributed by atoms with Gasteiger partial charge in [-0.25, -0.2) is 4.98 Å². The maximum absolute atomic E-state index is 13.2. The van der Waals surface area contributed by atoms with E-state index >= 15 is 0 Å². The second-order valence-electron chi connectivity index (χ2n) is 5.59. The third kappa shape index (κ3) is 3.82. The van der Waals surface area contributed by atoms with Gasteiger partial charge in [0, 0.05) is 23.7 Å². The highest BCUT2D eigenvalue weighted by molar-refractivity contribution is 5.64. The SMILES string of the molecule is COc1ncc(-c2ccccc2)cc1Cc1ccccc1C(F)(F)F. The van der Waals surface area contributed by atoms with Crippen molar-refractivity contribution >= 4 is 0 Å². The van der Waals surface area contributed by atoms with E-state index in [1.165, 1.54) is 19.2 Å². The lowest BCUT2D eigenvalue weighted by atomic mass is 9.98. The van der Waals surface area contributed by atoms with Crippen molar-refractivity contribution < 1.29 is 17.9 Å². The number of aromatic nitrogens is 1. The van der Waals surface area contributed by atoms with Gasteiger partial charge in [-0.05, 0) is 23.3 Å². The van der Waals surface area contributed by atoms with Gasteiger partial charge in [0.2, 0.25) is 5.88 Å². The number of hydrogen-bond donors (Lipinski definition) is 0. The summed E-state index contributed by atoms with van der Waals surface area (Å²) in [5.41, 5.74) is 1.95. The van der Waals surface area contributed by atoms with Crippen LogP contribution < -0.4 is 4.74 Å². The number of ether oxygens (including phenoxy) is 1. The first kappa shape index (κ1) is 17.0. The standard InChI is InChI=1S/C20H16F3NO/c1-25-19-16(11-15-9-5-6-10-18(15)20(21,22)23)12-17(13-24-19)14-7-3-2-4-8-14/h2-10,12-13H,11H2,1H3. The Bertz CT molecular complexity index is 860. The molecule has 1 aromatic heterocycles. The van der Waals surface area contributed by atoms with Crippen molar-refractivity contribution in [3.8, 4) is 17.0 Å². The fourth-order valence-corrected chi connectivity index (χ4v) is 2.75. The van der Waals surface area contributed by atoms with Gasteiger partial charge in [0.05, 0.1) is 12.7 Å². The lowest BCUT2D eigenvalue weighted by Gasteiger charge is -2.14. The summed E-state index contributed by atoms with van der Waals surface area (Å²) in [5.74, 6) is 0.330. The monoisotopic (exact) mass is 343 g/mol. The van der Waals surface area contributed by atoms with Crippen LogP contribution in [0.5, 0.6) is 5.88 Å². The minimum Gasteiger partial charge on any atom is -0.481 e.